The molecule has 30 heavy (non-hydrogen) atoms. The van der Waals surface area contributed by atoms with E-state index in [1.807, 2.05) is 7.05 Å². The van der Waals surface area contributed by atoms with Gasteiger partial charge in [-0.25, -0.2) is 4.79 Å². The van der Waals surface area contributed by atoms with Crippen LogP contribution in [0.5, 0.6) is 0 Å². The van der Waals surface area contributed by atoms with Crippen LogP contribution >= 0.6 is 0 Å². The van der Waals surface area contributed by atoms with E-state index >= 15 is 0 Å². The molecule has 2 heterocycles. The molecular formula is C24H38N4O2. The van der Waals surface area contributed by atoms with Crippen LogP contribution in [0.25, 0.3) is 0 Å². The molecule has 6 heteroatoms. The van der Waals surface area contributed by atoms with Gasteiger partial charge in [0.05, 0.1) is 13.2 Å². The SMILES string of the molecule is CN(Cc1ccc(N2CCOCC2)cc1)C(=O)NC1CCN(CC2CCCC2)CC1. The van der Waals surface area contributed by atoms with Gasteiger partial charge in [-0.2, -0.15) is 0 Å². The second-order valence-corrected chi connectivity index (χ2v) is 9.30. The number of likely N-dealkylation sites (tertiary alicyclic amines) is 1. The van der Waals surface area contributed by atoms with E-state index in [0.29, 0.717) is 12.6 Å². The van der Waals surface area contributed by atoms with Gasteiger partial charge in [0.2, 0.25) is 0 Å². The van der Waals surface area contributed by atoms with Gasteiger partial charge in [0, 0.05) is 58.0 Å². The highest BCUT2D eigenvalue weighted by Crippen LogP contribution is 2.26. The number of carbonyl (C=O) groups excluding carboxylic acids is 1. The zero-order chi connectivity index (χ0) is 20.8. The first-order chi connectivity index (χ1) is 14.7. The molecule has 3 fully saturated rings. The lowest BCUT2D eigenvalue weighted by molar-refractivity contribution is 0.122. The van der Waals surface area contributed by atoms with Gasteiger partial charge in [-0.15, -0.1) is 0 Å². The molecule has 1 aromatic carbocycles. The summed E-state index contributed by atoms with van der Waals surface area (Å²) in [7, 11) is 1.89. The molecule has 0 radical (unpaired) electrons. The van der Waals surface area contributed by atoms with E-state index < -0.39 is 0 Å². The Morgan fingerprint density at radius 3 is 2.37 bits per heavy atom. The number of nitrogens with zero attached hydrogens (tertiary/aromatic N) is 3. The van der Waals surface area contributed by atoms with Gasteiger partial charge < -0.3 is 24.8 Å². The van der Waals surface area contributed by atoms with Crippen LogP contribution in [-0.2, 0) is 11.3 Å². The minimum Gasteiger partial charge on any atom is -0.378 e. The number of morpholine rings is 1. The fraction of sp³-hybridized carbons (Fsp3) is 0.708. The van der Waals surface area contributed by atoms with Gasteiger partial charge in [0.15, 0.2) is 0 Å². The number of hydrogen-bond acceptors (Lipinski definition) is 4. The van der Waals surface area contributed by atoms with Crippen LogP contribution in [0.2, 0.25) is 0 Å². The monoisotopic (exact) mass is 414 g/mol. The van der Waals surface area contributed by atoms with Crippen molar-refractivity contribution >= 4 is 11.7 Å². The normalized spacial score (nSPS) is 21.7. The van der Waals surface area contributed by atoms with Crippen molar-refractivity contribution in [1.82, 2.24) is 15.1 Å². The average Bonchev–Trinajstić information content (AvgIpc) is 3.29. The van der Waals surface area contributed by atoms with Gasteiger partial charge in [0.25, 0.3) is 0 Å². The smallest absolute Gasteiger partial charge is 0.317 e. The molecule has 0 atom stereocenters. The fourth-order valence-corrected chi connectivity index (χ4v) is 5.08. The number of amides is 2. The van der Waals surface area contributed by atoms with Crippen LogP contribution in [-0.4, -0.2) is 74.9 Å². The first-order valence-electron chi connectivity index (χ1n) is 11.8. The molecule has 4 rings (SSSR count). The standard InChI is InChI=1S/C24H38N4O2/c1-26(18-21-6-8-23(9-7-21)28-14-16-30-17-15-28)24(29)25-22-10-12-27(13-11-22)19-20-4-2-3-5-20/h6-9,20,22H,2-5,10-19H2,1H3,(H,25,29). The third-order valence-corrected chi connectivity index (χ3v) is 6.99. The molecule has 0 bridgehead atoms. The Morgan fingerprint density at radius 1 is 1.03 bits per heavy atom. The molecule has 1 aromatic rings. The van der Waals surface area contributed by atoms with E-state index in [4.69, 9.17) is 4.74 Å². The molecule has 2 saturated heterocycles. The maximum absolute atomic E-state index is 12.7. The maximum atomic E-state index is 12.7. The molecular weight excluding hydrogens is 376 g/mol. The Kier molecular flexibility index (Phi) is 7.50. The first-order valence-corrected chi connectivity index (χ1v) is 11.8. The van der Waals surface area contributed by atoms with Gasteiger partial charge in [-0.3, -0.25) is 0 Å². The van der Waals surface area contributed by atoms with E-state index in [1.54, 1.807) is 4.90 Å². The van der Waals surface area contributed by atoms with Crippen LogP contribution < -0.4 is 10.2 Å². The third kappa shape index (κ3) is 5.88. The Labute approximate surface area is 181 Å². The number of nitrogens with one attached hydrogen (secondary N) is 1. The van der Waals surface area contributed by atoms with Crippen molar-refractivity contribution < 1.29 is 9.53 Å². The molecule has 1 saturated carbocycles. The van der Waals surface area contributed by atoms with E-state index in [-0.39, 0.29) is 6.03 Å². The summed E-state index contributed by atoms with van der Waals surface area (Å²) in [6, 6.07) is 8.94. The van der Waals surface area contributed by atoms with Crippen LogP contribution in [0.1, 0.15) is 44.1 Å². The summed E-state index contributed by atoms with van der Waals surface area (Å²) in [5, 5.41) is 3.25. The molecule has 2 amide bonds. The summed E-state index contributed by atoms with van der Waals surface area (Å²) >= 11 is 0. The van der Waals surface area contributed by atoms with Crippen molar-refractivity contribution in [2.24, 2.45) is 5.92 Å². The van der Waals surface area contributed by atoms with Crippen LogP contribution in [0.4, 0.5) is 10.5 Å². The number of rotatable bonds is 6. The molecule has 1 N–H and O–H groups in total. The summed E-state index contributed by atoms with van der Waals surface area (Å²) in [4.78, 5) is 19.4. The minimum absolute atomic E-state index is 0.0431. The van der Waals surface area contributed by atoms with Crippen molar-refractivity contribution in [2.45, 2.75) is 51.1 Å². The highest BCUT2D eigenvalue weighted by Gasteiger charge is 2.25. The summed E-state index contributed by atoms with van der Waals surface area (Å²) in [6.07, 6.45) is 7.80. The number of carbonyl (C=O) groups is 1. The fourth-order valence-electron chi connectivity index (χ4n) is 5.08. The van der Waals surface area contributed by atoms with Gasteiger partial charge in [-0.05, 0) is 49.3 Å². The van der Waals surface area contributed by atoms with Crippen molar-refractivity contribution in [3.8, 4) is 0 Å². The largest absolute Gasteiger partial charge is 0.378 e. The number of ether oxygens (including phenoxy) is 1. The number of piperidine rings is 1. The number of hydrogen-bond donors (Lipinski definition) is 1. The molecule has 0 aromatic heterocycles. The second kappa shape index (κ2) is 10.5. The lowest BCUT2D eigenvalue weighted by Crippen LogP contribution is -2.48. The lowest BCUT2D eigenvalue weighted by Gasteiger charge is -2.34. The Balaban J connectivity index is 1.18. The zero-order valence-corrected chi connectivity index (χ0v) is 18.5. The summed E-state index contributed by atoms with van der Waals surface area (Å²) < 4.78 is 5.43. The zero-order valence-electron chi connectivity index (χ0n) is 18.5. The van der Waals surface area contributed by atoms with E-state index in [9.17, 15) is 4.79 Å². The van der Waals surface area contributed by atoms with Crippen LogP contribution in [0, 0.1) is 5.92 Å². The van der Waals surface area contributed by atoms with Crippen LogP contribution in [0.15, 0.2) is 24.3 Å². The quantitative estimate of drug-likeness (QED) is 0.776. The Bertz CT molecular complexity index is 660. The van der Waals surface area contributed by atoms with Gasteiger partial charge >= 0.3 is 6.03 Å². The molecule has 166 valence electrons. The summed E-state index contributed by atoms with van der Waals surface area (Å²) in [5.41, 5.74) is 2.40. The van der Waals surface area contributed by atoms with E-state index in [2.05, 4.69) is 39.4 Å². The van der Waals surface area contributed by atoms with Crippen molar-refractivity contribution in [1.29, 1.82) is 0 Å². The number of benzene rings is 1. The van der Waals surface area contributed by atoms with E-state index in [0.717, 1.165) is 63.7 Å². The molecule has 6 nitrogen and oxygen atoms in total. The van der Waals surface area contributed by atoms with Crippen molar-refractivity contribution in [3.63, 3.8) is 0 Å². The number of anilines is 1. The van der Waals surface area contributed by atoms with Crippen molar-refractivity contribution in [2.75, 3.05) is 57.9 Å². The number of urea groups is 1. The predicted molar refractivity (Wildman–Crippen MR) is 121 cm³/mol. The molecule has 1 aliphatic carbocycles. The minimum atomic E-state index is 0.0431. The Morgan fingerprint density at radius 2 is 1.70 bits per heavy atom. The lowest BCUT2D eigenvalue weighted by atomic mass is 10.0. The van der Waals surface area contributed by atoms with Crippen LogP contribution in [0.3, 0.4) is 0 Å². The molecule has 0 unspecified atom stereocenters. The first kappa shape index (κ1) is 21.4. The summed E-state index contributed by atoms with van der Waals surface area (Å²) in [6.45, 7) is 7.62. The van der Waals surface area contributed by atoms with E-state index in [1.165, 1.54) is 37.9 Å². The van der Waals surface area contributed by atoms with Crippen molar-refractivity contribution in [3.05, 3.63) is 29.8 Å². The highest BCUT2D eigenvalue weighted by atomic mass is 16.5. The summed E-state index contributed by atoms with van der Waals surface area (Å²) in [5.74, 6) is 0.914. The molecule has 0 spiro atoms. The Hall–Kier alpha value is -1.79. The van der Waals surface area contributed by atoms with Gasteiger partial charge in [0.1, 0.15) is 0 Å². The average molecular weight is 415 g/mol. The highest BCUT2D eigenvalue weighted by molar-refractivity contribution is 5.74. The van der Waals surface area contributed by atoms with Gasteiger partial charge in [-0.1, -0.05) is 25.0 Å². The second-order valence-electron chi connectivity index (χ2n) is 9.30. The third-order valence-electron chi connectivity index (χ3n) is 6.99. The molecule has 2 aliphatic heterocycles. The predicted octanol–water partition coefficient (Wildman–Crippen LogP) is 3.32. The maximum Gasteiger partial charge on any atom is 0.317 e. The topological polar surface area (TPSA) is 48.1 Å². The molecule has 3 aliphatic rings.